The van der Waals surface area contributed by atoms with E-state index in [-0.39, 0.29) is 5.91 Å². The van der Waals surface area contributed by atoms with Crippen molar-refractivity contribution in [3.8, 4) is 0 Å². The Bertz CT molecular complexity index is 448. The lowest BCUT2D eigenvalue weighted by Crippen LogP contribution is -2.09. The summed E-state index contributed by atoms with van der Waals surface area (Å²) < 4.78 is 0. The molecule has 2 nitrogen and oxygen atoms in total. The summed E-state index contributed by atoms with van der Waals surface area (Å²) in [6.07, 6.45) is 0. The van der Waals surface area contributed by atoms with Gasteiger partial charge in [0, 0.05) is 10.6 Å². The molecule has 0 fully saturated rings. The first-order valence-corrected chi connectivity index (χ1v) is 5.72. The molecule has 0 atom stereocenters. The van der Waals surface area contributed by atoms with Crippen LogP contribution in [0.25, 0.3) is 0 Å². The second-order valence-corrected chi connectivity index (χ2v) is 4.44. The van der Waals surface area contributed by atoms with Crippen LogP contribution in [-0.2, 0) is 0 Å². The molecule has 1 N–H and O–H groups in total. The van der Waals surface area contributed by atoms with E-state index in [2.05, 4.69) is 17.9 Å². The predicted molar refractivity (Wildman–Crippen MR) is 66.0 cm³/mol. The highest BCUT2D eigenvalue weighted by atomic mass is 32.1. The van der Waals surface area contributed by atoms with Gasteiger partial charge >= 0.3 is 0 Å². The third kappa shape index (κ3) is 2.61. The molecule has 1 aromatic carbocycles. The molecule has 0 spiro atoms. The van der Waals surface area contributed by atoms with Gasteiger partial charge in [-0.3, -0.25) is 4.79 Å². The highest BCUT2D eigenvalue weighted by Gasteiger charge is 2.05. The number of benzene rings is 1. The SMILES string of the molecule is O=C(Nc1ccc(S)cc1)c1cccs1. The summed E-state index contributed by atoms with van der Waals surface area (Å²) >= 11 is 5.60. The molecule has 4 heteroatoms. The fourth-order valence-corrected chi connectivity index (χ4v) is 1.91. The maximum atomic E-state index is 11.6. The van der Waals surface area contributed by atoms with Crippen molar-refractivity contribution in [2.75, 3.05) is 5.32 Å². The zero-order valence-corrected chi connectivity index (χ0v) is 9.52. The van der Waals surface area contributed by atoms with E-state index in [1.165, 1.54) is 11.3 Å². The largest absolute Gasteiger partial charge is 0.321 e. The van der Waals surface area contributed by atoms with Crippen molar-refractivity contribution < 1.29 is 4.79 Å². The Balaban J connectivity index is 2.09. The average molecular weight is 235 g/mol. The lowest BCUT2D eigenvalue weighted by molar-refractivity contribution is 0.103. The zero-order valence-electron chi connectivity index (χ0n) is 7.81. The van der Waals surface area contributed by atoms with Gasteiger partial charge < -0.3 is 5.32 Å². The molecule has 2 rings (SSSR count). The van der Waals surface area contributed by atoms with Gasteiger partial charge in [0.25, 0.3) is 5.91 Å². The second kappa shape index (κ2) is 4.51. The molecule has 1 heterocycles. The Labute approximate surface area is 97.4 Å². The van der Waals surface area contributed by atoms with E-state index in [0.29, 0.717) is 4.88 Å². The van der Waals surface area contributed by atoms with Crippen LogP contribution in [0.2, 0.25) is 0 Å². The molecule has 0 unspecified atom stereocenters. The van der Waals surface area contributed by atoms with Crippen LogP contribution in [0.5, 0.6) is 0 Å². The molecule has 76 valence electrons. The first-order valence-electron chi connectivity index (χ1n) is 4.39. The quantitative estimate of drug-likeness (QED) is 0.768. The van der Waals surface area contributed by atoms with Crippen LogP contribution in [0.3, 0.4) is 0 Å². The summed E-state index contributed by atoms with van der Waals surface area (Å²) in [6.45, 7) is 0. The monoisotopic (exact) mass is 235 g/mol. The van der Waals surface area contributed by atoms with E-state index in [4.69, 9.17) is 0 Å². The van der Waals surface area contributed by atoms with Gasteiger partial charge in [0.2, 0.25) is 0 Å². The molecule has 0 aliphatic rings. The number of thiol groups is 1. The molecule has 0 saturated carbocycles. The van der Waals surface area contributed by atoms with Crippen LogP contribution >= 0.6 is 24.0 Å². The fraction of sp³-hybridized carbons (Fsp3) is 0. The number of amides is 1. The number of nitrogens with one attached hydrogen (secondary N) is 1. The van der Waals surface area contributed by atoms with Crippen LogP contribution in [-0.4, -0.2) is 5.91 Å². The van der Waals surface area contributed by atoms with Crippen LogP contribution < -0.4 is 5.32 Å². The lowest BCUT2D eigenvalue weighted by Gasteiger charge is -2.03. The van der Waals surface area contributed by atoms with Gasteiger partial charge in [0.1, 0.15) is 0 Å². The van der Waals surface area contributed by atoms with Gasteiger partial charge in [0.05, 0.1) is 4.88 Å². The van der Waals surface area contributed by atoms with Crippen molar-refractivity contribution in [2.24, 2.45) is 0 Å². The summed E-state index contributed by atoms with van der Waals surface area (Å²) in [5.41, 5.74) is 0.784. The Hall–Kier alpha value is -1.26. The summed E-state index contributed by atoms with van der Waals surface area (Å²) in [6, 6.07) is 11.0. The summed E-state index contributed by atoms with van der Waals surface area (Å²) in [5, 5.41) is 4.69. The van der Waals surface area contributed by atoms with Gasteiger partial charge in [-0.15, -0.1) is 24.0 Å². The van der Waals surface area contributed by atoms with E-state index in [0.717, 1.165) is 10.6 Å². The predicted octanol–water partition coefficient (Wildman–Crippen LogP) is 3.29. The molecule has 1 aromatic heterocycles. The number of hydrogen-bond donors (Lipinski definition) is 2. The van der Waals surface area contributed by atoms with Crippen molar-refractivity contribution in [3.05, 3.63) is 46.7 Å². The van der Waals surface area contributed by atoms with Crippen molar-refractivity contribution in [1.29, 1.82) is 0 Å². The third-order valence-corrected chi connectivity index (χ3v) is 3.04. The summed E-state index contributed by atoms with van der Waals surface area (Å²) in [7, 11) is 0. The first kappa shape index (κ1) is 10.3. The molecular formula is C11H9NOS2. The van der Waals surface area contributed by atoms with Crippen LogP contribution in [0.15, 0.2) is 46.7 Å². The summed E-state index contributed by atoms with van der Waals surface area (Å²) in [5.74, 6) is -0.0723. The number of carbonyl (C=O) groups is 1. The van der Waals surface area contributed by atoms with Gasteiger partial charge in [-0.25, -0.2) is 0 Å². The topological polar surface area (TPSA) is 29.1 Å². The van der Waals surface area contributed by atoms with Crippen molar-refractivity contribution >= 4 is 35.6 Å². The Morgan fingerprint density at radius 1 is 1.20 bits per heavy atom. The molecule has 0 radical (unpaired) electrons. The molecule has 0 bridgehead atoms. The average Bonchev–Trinajstić information content (AvgIpc) is 2.74. The van der Waals surface area contributed by atoms with Crippen molar-refractivity contribution in [3.63, 3.8) is 0 Å². The van der Waals surface area contributed by atoms with Crippen LogP contribution in [0, 0.1) is 0 Å². The number of anilines is 1. The molecule has 0 saturated heterocycles. The molecule has 0 aliphatic heterocycles. The highest BCUT2D eigenvalue weighted by molar-refractivity contribution is 7.80. The number of thiophene rings is 1. The molecule has 0 aliphatic carbocycles. The maximum Gasteiger partial charge on any atom is 0.265 e. The minimum atomic E-state index is -0.0723. The highest BCUT2D eigenvalue weighted by Crippen LogP contribution is 2.15. The molecule has 15 heavy (non-hydrogen) atoms. The Kier molecular flexibility index (Phi) is 3.08. The number of carbonyl (C=O) groups excluding carboxylic acids is 1. The second-order valence-electron chi connectivity index (χ2n) is 2.98. The van der Waals surface area contributed by atoms with Crippen molar-refractivity contribution in [1.82, 2.24) is 0 Å². The molecule has 2 aromatic rings. The van der Waals surface area contributed by atoms with Gasteiger partial charge in [-0.1, -0.05) is 6.07 Å². The smallest absolute Gasteiger partial charge is 0.265 e. The lowest BCUT2D eigenvalue weighted by atomic mass is 10.3. The van der Waals surface area contributed by atoms with E-state index in [9.17, 15) is 4.79 Å². The zero-order chi connectivity index (χ0) is 10.7. The summed E-state index contributed by atoms with van der Waals surface area (Å²) in [4.78, 5) is 13.2. The standard InChI is InChI=1S/C11H9NOS2/c13-11(10-2-1-7-15-10)12-8-3-5-9(14)6-4-8/h1-7,14H,(H,12,13). The Morgan fingerprint density at radius 2 is 1.93 bits per heavy atom. The van der Waals surface area contributed by atoms with Crippen LogP contribution in [0.1, 0.15) is 9.67 Å². The fourth-order valence-electron chi connectivity index (χ4n) is 1.15. The van der Waals surface area contributed by atoms with Crippen LogP contribution in [0.4, 0.5) is 5.69 Å². The first-order chi connectivity index (χ1) is 7.25. The Morgan fingerprint density at radius 3 is 2.53 bits per heavy atom. The van der Waals surface area contributed by atoms with Gasteiger partial charge in [0.15, 0.2) is 0 Å². The van der Waals surface area contributed by atoms with Gasteiger partial charge in [-0.2, -0.15) is 0 Å². The van der Waals surface area contributed by atoms with E-state index in [1.807, 2.05) is 35.7 Å². The van der Waals surface area contributed by atoms with Crippen molar-refractivity contribution in [2.45, 2.75) is 4.90 Å². The number of rotatable bonds is 2. The van der Waals surface area contributed by atoms with Gasteiger partial charge in [-0.05, 0) is 35.7 Å². The van der Waals surface area contributed by atoms with E-state index >= 15 is 0 Å². The maximum absolute atomic E-state index is 11.6. The minimum Gasteiger partial charge on any atom is -0.321 e. The number of hydrogen-bond acceptors (Lipinski definition) is 3. The normalized spacial score (nSPS) is 9.93. The minimum absolute atomic E-state index is 0.0723. The third-order valence-electron chi connectivity index (χ3n) is 1.87. The van der Waals surface area contributed by atoms with E-state index < -0.39 is 0 Å². The molecular weight excluding hydrogens is 226 g/mol. The van der Waals surface area contributed by atoms with E-state index in [1.54, 1.807) is 6.07 Å². The molecule has 1 amide bonds.